The first-order chi connectivity index (χ1) is 20.4. The lowest BCUT2D eigenvalue weighted by Gasteiger charge is -2.34. The van der Waals surface area contributed by atoms with E-state index in [2.05, 4.69) is 20.1 Å². The average molecular weight is 590 g/mol. The van der Waals surface area contributed by atoms with Gasteiger partial charge < -0.3 is 15.0 Å². The first-order valence-corrected chi connectivity index (χ1v) is 15.5. The van der Waals surface area contributed by atoms with Gasteiger partial charge in [0.1, 0.15) is 24.1 Å². The van der Waals surface area contributed by atoms with Gasteiger partial charge >= 0.3 is 6.01 Å². The number of nitrogens with one attached hydrogen (secondary N) is 1. The van der Waals surface area contributed by atoms with Crippen molar-refractivity contribution in [3.63, 3.8) is 0 Å². The first kappa shape index (κ1) is 26.5. The van der Waals surface area contributed by atoms with E-state index in [9.17, 15) is 4.39 Å². The fraction of sp³-hybridized carbons (Fsp3) is 0.455. The summed E-state index contributed by atoms with van der Waals surface area (Å²) >= 11 is 6.94. The molecule has 2 unspecified atom stereocenters. The minimum absolute atomic E-state index is 0.133. The number of ether oxygens (including phenoxy) is 1. The van der Waals surface area contributed by atoms with Gasteiger partial charge in [-0.2, -0.15) is 9.97 Å². The van der Waals surface area contributed by atoms with Crippen LogP contribution in [0.3, 0.4) is 0 Å². The Morgan fingerprint density at radius 2 is 1.88 bits per heavy atom. The van der Waals surface area contributed by atoms with E-state index in [0.717, 1.165) is 67.2 Å². The number of hydrogen-bond donors (Lipinski definition) is 1. The topological polar surface area (TPSA) is 53.5 Å². The second-order valence-corrected chi connectivity index (χ2v) is 13.1. The van der Waals surface area contributed by atoms with Crippen LogP contribution in [0.25, 0.3) is 32.8 Å². The minimum atomic E-state index is -0.857. The number of benzene rings is 3. The molecule has 0 aliphatic carbocycles. The van der Waals surface area contributed by atoms with Crippen molar-refractivity contribution in [3.05, 3.63) is 58.9 Å². The predicted octanol–water partition coefficient (Wildman–Crippen LogP) is 6.45. The third-order valence-electron chi connectivity index (χ3n) is 9.97. The Hall–Kier alpha value is -3.07. The van der Waals surface area contributed by atoms with Crippen LogP contribution in [-0.2, 0) is 0 Å². The average Bonchev–Trinajstić information content (AvgIpc) is 3.62. The van der Waals surface area contributed by atoms with Crippen molar-refractivity contribution in [2.45, 2.75) is 62.8 Å². The van der Waals surface area contributed by atoms with Crippen molar-refractivity contribution < 1.29 is 13.5 Å². The van der Waals surface area contributed by atoms with Gasteiger partial charge in [0, 0.05) is 49.1 Å². The van der Waals surface area contributed by atoms with E-state index >= 15 is 4.39 Å². The number of halogens is 3. The lowest BCUT2D eigenvalue weighted by atomic mass is 9.94. The van der Waals surface area contributed by atoms with Crippen LogP contribution in [0, 0.1) is 12.7 Å². The molecule has 218 valence electrons. The highest BCUT2D eigenvalue weighted by molar-refractivity contribution is 6.35. The number of hydrogen-bond acceptors (Lipinski definition) is 6. The Bertz CT molecular complexity index is 1700. The quantitative estimate of drug-likeness (QED) is 0.289. The van der Waals surface area contributed by atoms with Gasteiger partial charge in [-0.3, -0.25) is 4.90 Å². The fourth-order valence-electron chi connectivity index (χ4n) is 8.07. The van der Waals surface area contributed by atoms with Crippen LogP contribution in [-0.4, -0.2) is 71.4 Å². The van der Waals surface area contributed by atoms with Gasteiger partial charge in [0.2, 0.25) is 0 Å². The molecule has 4 atom stereocenters. The van der Waals surface area contributed by atoms with E-state index < -0.39 is 12.0 Å². The molecule has 6 nitrogen and oxygen atoms in total. The second kappa shape index (κ2) is 10.00. The smallest absolute Gasteiger partial charge is 0.319 e. The summed E-state index contributed by atoms with van der Waals surface area (Å²) in [6, 6.07) is 14.6. The molecule has 4 fully saturated rings. The van der Waals surface area contributed by atoms with E-state index in [4.69, 9.17) is 21.3 Å². The summed E-state index contributed by atoms with van der Waals surface area (Å²) in [7, 11) is 0. The minimum Gasteiger partial charge on any atom is -0.461 e. The van der Waals surface area contributed by atoms with Gasteiger partial charge in [-0.15, -0.1) is 0 Å². The molecule has 9 heteroatoms. The number of alkyl halides is 1. The van der Waals surface area contributed by atoms with Crippen LogP contribution in [0.5, 0.6) is 6.01 Å². The number of aryl methyl sites for hydroxylation is 1. The molecule has 4 aliphatic rings. The van der Waals surface area contributed by atoms with Crippen LogP contribution in [0.1, 0.15) is 37.7 Å². The number of rotatable bonds is 5. The van der Waals surface area contributed by atoms with Crippen LogP contribution in [0.15, 0.2) is 42.5 Å². The molecule has 0 saturated carbocycles. The van der Waals surface area contributed by atoms with E-state index in [0.29, 0.717) is 46.8 Å². The van der Waals surface area contributed by atoms with Crippen LogP contribution >= 0.6 is 11.6 Å². The largest absolute Gasteiger partial charge is 0.461 e. The molecule has 2 bridgehead atoms. The van der Waals surface area contributed by atoms with Crippen LogP contribution in [0.2, 0.25) is 5.02 Å². The summed E-state index contributed by atoms with van der Waals surface area (Å²) < 4.78 is 37.6. The van der Waals surface area contributed by atoms with Crippen molar-refractivity contribution in [2.24, 2.45) is 0 Å². The van der Waals surface area contributed by atoms with E-state index in [1.165, 1.54) is 0 Å². The Balaban J connectivity index is 1.27. The van der Waals surface area contributed by atoms with Crippen molar-refractivity contribution in [1.29, 1.82) is 0 Å². The van der Waals surface area contributed by atoms with Gasteiger partial charge in [-0.1, -0.05) is 48.0 Å². The van der Waals surface area contributed by atoms with E-state index in [-0.39, 0.29) is 23.7 Å². The number of fused-ring (bicyclic) bond motifs is 5. The maximum Gasteiger partial charge on any atom is 0.319 e. The number of aromatic nitrogens is 2. The van der Waals surface area contributed by atoms with Gasteiger partial charge in [-0.25, -0.2) is 8.78 Å². The maximum atomic E-state index is 16.9. The van der Waals surface area contributed by atoms with Gasteiger partial charge in [0.25, 0.3) is 0 Å². The Labute approximate surface area is 249 Å². The molecule has 42 heavy (non-hydrogen) atoms. The highest BCUT2D eigenvalue weighted by atomic mass is 35.5. The SMILES string of the molecule is Cc1cccc2cccc(-c3c(Cl)cc4c(N5CC6CCC(C5)N6)nc(OC[C@@]56CCCN5C[C@H](F)C6)nc4c3F)c12. The van der Waals surface area contributed by atoms with Crippen molar-refractivity contribution >= 4 is 39.1 Å². The summed E-state index contributed by atoms with van der Waals surface area (Å²) in [5.74, 6) is 0.163. The zero-order valence-electron chi connectivity index (χ0n) is 23.7. The highest BCUT2D eigenvalue weighted by Gasteiger charge is 2.49. The molecule has 1 aromatic heterocycles. The molecule has 5 heterocycles. The van der Waals surface area contributed by atoms with E-state index in [1.54, 1.807) is 0 Å². The van der Waals surface area contributed by atoms with E-state index in [1.807, 2.05) is 49.4 Å². The Kier molecular flexibility index (Phi) is 6.32. The lowest BCUT2D eigenvalue weighted by molar-refractivity contribution is 0.107. The molecule has 3 aromatic carbocycles. The second-order valence-electron chi connectivity index (χ2n) is 12.7. The molecule has 0 radical (unpaired) electrons. The van der Waals surface area contributed by atoms with Crippen LogP contribution in [0.4, 0.5) is 14.6 Å². The number of piperazine rings is 1. The Morgan fingerprint density at radius 3 is 2.69 bits per heavy atom. The summed E-state index contributed by atoms with van der Waals surface area (Å²) in [6.07, 6.45) is 3.70. The van der Waals surface area contributed by atoms with Crippen molar-refractivity contribution in [2.75, 3.05) is 37.7 Å². The molecule has 0 amide bonds. The molecular formula is C33H34ClF2N5O. The third kappa shape index (κ3) is 4.25. The molecular weight excluding hydrogens is 556 g/mol. The zero-order chi connectivity index (χ0) is 28.6. The molecule has 1 N–H and O–H groups in total. The third-order valence-corrected chi connectivity index (χ3v) is 10.3. The maximum absolute atomic E-state index is 16.9. The first-order valence-electron chi connectivity index (χ1n) is 15.1. The van der Waals surface area contributed by atoms with Gasteiger partial charge in [0.05, 0.1) is 10.6 Å². The lowest BCUT2D eigenvalue weighted by Crippen LogP contribution is -2.51. The normalized spacial score (nSPS) is 27.3. The zero-order valence-corrected chi connectivity index (χ0v) is 24.4. The standard InChI is InChI=1S/C33H34ClF2N5O/c1-19-5-2-6-20-7-3-8-24(27(19)20)28-26(34)13-25-30(29(28)36)38-32(39-31(25)40-16-22-9-10-23(17-40)37-22)42-18-33-11-4-12-41(33)15-21(35)14-33/h2-3,5-8,13,21-23,37H,4,9-12,14-18H2,1H3/t21-,22?,23?,33+/m1/s1. The molecule has 4 aliphatic heterocycles. The summed E-state index contributed by atoms with van der Waals surface area (Å²) in [5.41, 5.74) is 1.96. The van der Waals surface area contributed by atoms with Gasteiger partial charge in [0.15, 0.2) is 5.82 Å². The summed E-state index contributed by atoms with van der Waals surface area (Å²) in [6.45, 7) is 5.17. The number of anilines is 1. The monoisotopic (exact) mass is 589 g/mol. The summed E-state index contributed by atoms with van der Waals surface area (Å²) in [5, 5.41) is 6.56. The van der Waals surface area contributed by atoms with Crippen molar-refractivity contribution in [1.82, 2.24) is 20.2 Å². The molecule has 4 saturated heterocycles. The summed E-state index contributed by atoms with van der Waals surface area (Å²) in [4.78, 5) is 14.0. The number of nitrogens with zero attached hydrogens (tertiary/aromatic N) is 4. The predicted molar refractivity (Wildman–Crippen MR) is 163 cm³/mol. The Morgan fingerprint density at radius 1 is 1.10 bits per heavy atom. The molecule has 0 spiro atoms. The van der Waals surface area contributed by atoms with Crippen LogP contribution < -0.4 is 15.0 Å². The van der Waals surface area contributed by atoms with Crippen molar-refractivity contribution in [3.8, 4) is 17.1 Å². The van der Waals surface area contributed by atoms with Gasteiger partial charge in [-0.05, 0) is 67.1 Å². The fourth-order valence-corrected chi connectivity index (χ4v) is 8.36. The highest BCUT2D eigenvalue weighted by Crippen LogP contribution is 2.43. The molecule has 4 aromatic rings. The molecule has 8 rings (SSSR count).